The van der Waals surface area contributed by atoms with Gasteiger partial charge in [0.25, 0.3) is 5.56 Å². The lowest BCUT2D eigenvalue weighted by Crippen LogP contribution is -2.12. The van der Waals surface area contributed by atoms with E-state index in [1.807, 2.05) is 36.4 Å². The molecule has 0 aliphatic rings. The van der Waals surface area contributed by atoms with Crippen molar-refractivity contribution in [2.24, 2.45) is 0 Å². The maximum atomic E-state index is 12.2. The third kappa shape index (κ3) is 2.48. The van der Waals surface area contributed by atoms with Crippen LogP contribution in [-0.2, 0) is 0 Å². The van der Waals surface area contributed by atoms with Crippen molar-refractivity contribution in [1.29, 1.82) is 5.26 Å². The zero-order valence-corrected chi connectivity index (χ0v) is 11.6. The van der Waals surface area contributed by atoms with Crippen LogP contribution in [0.3, 0.4) is 0 Å². The monoisotopic (exact) mass is 288 g/mol. The Morgan fingerprint density at radius 1 is 0.955 bits per heavy atom. The highest BCUT2D eigenvalue weighted by atomic mass is 16.3. The number of hydrogen-bond donors (Lipinski definition) is 2. The van der Waals surface area contributed by atoms with Crippen LogP contribution >= 0.6 is 0 Å². The van der Waals surface area contributed by atoms with Crippen LogP contribution in [0.15, 0.2) is 65.5 Å². The molecule has 0 unspecified atom stereocenters. The van der Waals surface area contributed by atoms with Gasteiger partial charge in [-0.15, -0.1) is 0 Å². The summed E-state index contributed by atoms with van der Waals surface area (Å²) in [4.78, 5) is 14.9. The second kappa shape index (κ2) is 5.58. The van der Waals surface area contributed by atoms with Crippen LogP contribution in [0.4, 0.5) is 0 Å². The van der Waals surface area contributed by atoms with Crippen LogP contribution < -0.4 is 5.56 Å². The van der Waals surface area contributed by atoms with Crippen molar-refractivity contribution in [3.05, 3.63) is 76.6 Å². The van der Waals surface area contributed by atoms with Gasteiger partial charge in [0.1, 0.15) is 17.4 Å². The normalized spacial score (nSPS) is 10.1. The predicted molar refractivity (Wildman–Crippen MR) is 84.3 cm³/mol. The smallest absolute Gasteiger partial charge is 0.266 e. The zero-order valence-electron chi connectivity index (χ0n) is 11.6. The Morgan fingerprint density at radius 3 is 2.36 bits per heavy atom. The number of phenolic OH excluding ortho intramolecular Hbond substituents is 1. The third-order valence-corrected chi connectivity index (χ3v) is 3.39. The molecular formula is C18H12N2O2. The molecule has 0 aliphatic carbocycles. The maximum Gasteiger partial charge on any atom is 0.266 e. The highest BCUT2D eigenvalue weighted by molar-refractivity contribution is 5.75. The van der Waals surface area contributed by atoms with Gasteiger partial charge in [0.15, 0.2) is 0 Å². The van der Waals surface area contributed by atoms with Crippen molar-refractivity contribution in [2.45, 2.75) is 0 Å². The van der Waals surface area contributed by atoms with Crippen molar-refractivity contribution in [3.8, 4) is 34.2 Å². The van der Waals surface area contributed by atoms with Gasteiger partial charge in [0, 0.05) is 11.3 Å². The molecule has 3 rings (SSSR count). The second-order valence-electron chi connectivity index (χ2n) is 4.83. The van der Waals surface area contributed by atoms with E-state index in [9.17, 15) is 15.2 Å². The van der Waals surface area contributed by atoms with Crippen molar-refractivity contribution >= 4 is 0 Å². The molecule has 0 spiro atoms. The van der Waals surface area contributed by atoms with E-state index in [2.05, 4.69) is 4.98 Å². The lowest BCUT2D eigenvalue weighted by Gasteiger charge is -2.08. The molecule has 0 aliphatic heterocycles. The summed E-state index contributed by atoms with van der Waals surface area (Å²) in [6, 6.07) is 19.6. The van der Waals surface area contributed by atoms with Gasteiger partial charge in [-0.25, -0.2) is 0 Å². The third-order valence-electron chi connectivity index (χ3n) is 3.39. The maximum absolute atomic E-state index is 12.2. The topological polar surface area (TPSA) is 76.9 Å². The summed E-state index contributed by atoms with van der Waals surface area (Å²) in [5.41, 5.74) is 2.20. The van der Waals surface area contributed by atoms with Crippen molar-refractivity contribution in [2.75, 3.05) is 0 Å². The summed E-state index contributed by atoms with van der Waals surface area (Å²) in [6.07, 6.45) is 0. The molecule has 4 heteroatoms. The van der Waals surface area contributed by atoms with E-state index in [0.29, 0.717) is 16.8 Å². The number of phenols is 1. The quantitative estimate of drug-likeness (QED) is 0.759. The molecule has 0 saturated heterocycles. The summed E-state index contributed by atoms with van der Waals surface area (Å²) >= 11 is 0. The highest BCUT2D eigenvalue weighted by Gasteiger charge is 2.12. The summed E-state index contributed by atoms with van der Waals surface area (Å²) in [5.74, 6) is 0.0860. The Morgan fingerprint density at radius 2 is 1.68 bits per heavy atom. The number of rotatable bonds is 2. The lowest BCUT2D eigenvalue weighted by molar-refractivity contribution is 0.475. The number of nitrogens with one attached hydrogen (secondary N) is 1. The summed E-state index contributed by atoms with van der Waals surface area (Å²) in [7, 11) is 0. The van der Waals surface area contributed by atoms with E-state index in [-0.39, 0.29) is 11.3 Å². The van der Waals surface area contributed by atoms with Gasteiger partial charge in [0.2, 0.25) is 0 Å². The standard InChI is InChI=1S/C18H12N2O2/c19-11-16-15(13-7-4-8-14(21)9-13)10-17(20-18(16)22)12-5-2-1-3-6-12/h1-10,21H,(H,20,22). The number of aromatic amines is 1. The van der Waals surface area contributed by atoms with Crippen LogP contribution in [0.2, 0.25) is 0 Å². The number of aromatic nitrogens is 1. The van der Waals surface area contributed by atoms with Crippen molar-refractivity contribution in [3.63, 3.8) is 0 Å². The molecule has 0 atom stereocenters. The molecule has 1 aromatic heterocycles. The average Bonchev–Trinajstić information content (AvgIpc) is 2.55. The average molecular weight is 288 g/mol. The fourth-order valence-electron chi connectivity index (χ4n) is 2.35. The molecule has 4 nitrogen and oxygen atoms in total. The molecule has 1 heterocycles. The van der Waals surface area contributed by atoms with Gasteiger partial charge < -0.3 is 10.1 Å². The SMILES string of the molecule is N#Cc1c(-c2cccc(O)c2)cc(-c2ccccc2)[nH]c1=O. The lowest BCUT2D eigenvalue weighted by atomic mass is 9.99. The molecule has 2 N–H and O–H groups in total. The molecule has 0 radical (unpaired) electrons. The molecule has 106 valence electrons. The van der Waals surface area contributed by atoms with Gasteiger partial charge in [-0.05, 0) is 29.3 Å². The fourth-order valence-corrected chi connectivity index (χ4v) is 2.35. The van der Waals surface area contributed by atoms with E-state index < -0.39 is 5.56 Å². The van der Waals surface area contributed by atoms with E-state index in [1.165, 1.54) is 6.07 Å². The molecule has 0 fully saturated rings. The molecule has 22 heavy (non-hydrogen) atoms. The van der Waals surface area contributed by atoms with Gasteiger partial charge in [-0.2, -0.15) is 5.26 Å². The number of H-pyrrole nitrogens is 1. The van der Waals surface area contributed by atoms with Gasteiger partial charge in [0.05, 0.1) is 0 Å². The van der Waals surface area contributed by atoms with E-state index >= 15 is 0 Å². The number of nitriles is 1. The van der Waals surface area contributed by atoms with Gasteiger partial charge in [-0.1, -0.05) is 42.5 Å². The largest absolute Gasteiger partial charge is 0.508 e. The Labute approximate surface area is 126 Å². The molecule has 0 bridgehead atoms. The molecule has 2 aromatic carbocycles. The predicted octanol–water partition coefficient (Wildman–Crippen LogP) is 3.29. The molecule has 0 amide bonds. The number of hydrogen-bond acceptors (Lipinski definition) is 3. The van der Waals surface area contributed by atoms with Gasteiger partial charge >= 0.3 is 0 Å². The number of pyridine rings is 1. The number of nitrogens with zero attached hydrogens (tertiary/aromatic N) is 1. The summed E-state index contributed by atoms with van der Waals surface area (Å²) in [6.45, 7) is 0. The fraction of sp³-hybridized carbons (Fsp3) is 0. The second-order valence-corrected chi connectivity index (χ2v) is 4.83. The minimum atomic E-state index is -0.442. The Bertz CT molecular complexity index is 922. The van der Waals surface area contributed by atoms with E-state index in [1.54, 1.807) is 24.3 Å². The molecular weight excluding hydrogens is 276 g/mol. The minimum absolute atomic E-state index is 0.0327. The van der Waals surface area contributed by atoms with Crippen LogP contribution in [-0.4, -0.2) is 10.1 Å². The Kier molecular flexibility index (Phi) is 3.47. The number of aromatic hydroxyl groups is 1. The van der Waals surface area contributed by atoms with E-state index in [0.717, 1.165) is 5.56 Å². The Hall–Kier alpha value is -3.32. The first-order chi connectivity index (χ1) is 10.7. The molecule has 0 saturated carbocycles. The first-order valence-electron chi connectivity index (χ1n) is 6.71. The van der Waals surface area contributed by atoms with Crippen LogP contribution in [0.25, 0.3) is 22.4 Å². The first-order valence-corrected chi connectivity index (χ1v) is 6.71. The Balaban J connectivity index is 2.27. The summed E-state index contributed by atoms with van der Waals surface area (Å²) < 4.78 is 0. The first kappa shape index (κ1) is 13.7. The van der Waals surface area contributed by atoms with Crippen LogP contribution in [0.5, 0.6) is 5.75 Å². The van der Waals surface area contributed by atoms with Crippen molar-refractivity contribution < 1.29 is 5.11 Å². The number of benzene rings is 2. The highest BCUT2D eigenvalue weighted by Crippen LogP contribution is 2.27. The van der Waals surface area contributed by atoms with Crippen LogP contribution in [0, 0.1) is 11.3 Å². The van der Waals surface area contributed by atoms with Gasteiger partial charge in [-0.3, -0.25) is 4.79 Å². The zero-order chi connectivity index (χ0) is 15.5. The summed E-state index contributed by atoms with van der Waals surface area (Å²) in [5, 5.41) is 18.9. The van der Waals surface area contributed by atoms with E-state index in [4.69, 9.17) is 0 Å². The van der Waals surface area contributed by atoms with Crippen LogP contribution in [0.1, 0.15) is 5.56 Å². The molecule has 3 aromatic rings. The minimum Gasteiger partial charge on any atom is -0.508 e. The van der Waals surface area contributed by atoms with Crippen molar-refractivity contribution in [1.82, 2.24) is 4.98 Å².